The molecule has 0 aliphatic carbocycles. The average Bonchev–Trinajstić information content (AvgIpc) is 2.38. The van der Waals surface area contributed by atoms with Crippen LogP contribution < -0.4 is 10.4 Å². The van der Waals surface area contributed by atoms with E-state index in [9.17, 15) is 12.9 Å². The molecule has 0 amide bonds. The van der Waals surface area contributed by atoms with Crippen LogP contribution in [0.15, 0.2) is 12.4 Å². The van der Waals surface area contributed by atoms with E-state index >= 15 is 0 Å². The van der Waals surface area contributed by atoms with Gasteiger partial charge in [-0.3, -0.25) is 0 Å². The number of anilines is 1. The minimum Gasteiger partial charge on any atom is -0.445 e. The monoisotopic (exact) mass is 260 g/mol. The summed E-state index contributed by atoms with van der Waals surface area (Å²) in [6.07, 6.45) is 3.46. The van der Waals surface area contributed by atoms with Crippen LogP contribution in [0.25, 0.3) is 0 Å². The second-order valence-corrected chi connectivity index (χ2v) is 4.53. The zero-order valence-electron chi connectivity index (χ0n) is 9.77. The first-order chi connectivity index (χ1) is 8.50. The minimum atomic E-state index is -5.04. The summed E-state index contributed by atoms with van der Waals surface area (Å²) in [4.78, 5) is 9.35. The summed E-state index contributed by atoms with van der Waals surface area (Å²) < 4.78 is 37.2. The molecule has 1 N–H and O–H groups in total. The summed E-state index contributed by atoms with van der Waals surface area (Å²) >= 11 is 0. The number of hydrogen-bond donors (Lipinski definition) is 1. The molecule has 0 bridgehead atoms. The fraction of sp³-hybridized carbons (Fsp3) is 0.600. The van der Waals surface area contributed by atoms with Crippen molar-refractivity contribution in [2.45, 2.75) is 12.8 Å². The molecular formula is C10H14BF3N3O-. The molecule has 0 spiro atoms. The molecule has 1 aliphatic rings. The molecule has 4 nitrogen and oxygen atoms in total. The van der Waals surface area contributed by atoms with Gasteiger partial charge in [0.2, 0.25) is 5.95 Å². The predicted octanol–water partition coefficient (Wildman–Crippen LogP) is 0.740. The first kappa shape index (κ1) is 13.1. The lowest BCUT2D eigenvalue weighted by molar-refractivity contribution is 0.208. The normalized spacial score (nSPS) is 21.1. The molecule has 1 fully saturated rings. The Bertz CT molecular complexity index is 398. The molecule has 1 unspecified atom stereocenters. The van der Waals surface area contributed by atoms with E-state index in [-0.39, 0.29) is 12.5 Å². The number of hydrogen-bond acceptors (Lipinski definition) is 4. The zero-order valence-corrected chi connectivity index (χ0v) is 9.77. The minimum absolute atomic E-state index is 0.0836. The van der Waals surface area contributed by atoms with Gasteiger partial charge in [0.05, 0.1) is 0 Å². The van der Waals surface area contributed by atoms with Gasteiger partial charge in [-0.1, -0.05) is 5.46 Å². The average molecular weight is 260 g/mol. The highest BCUT2D eigenvalue weighted by Crippen LogP contribution is 2.19. The van der Waals surface area contributed by atoms with Gasteiger partial charge in [0.15, 0.2) is 0 Å². The van der Waals surface area contributed by atoms with Gasteiger partial charge >= 0.3 is 6.98 Å². The Morgan fingerprint density at radius 1 is 1.33 bits per heavy atom. The topological polar surface area (TPSA) is 49.2 Å². The Morgan fingerprint density at radius 2 is 2.00 bits per heavy atom. The van der Waals surface area contributed by atoms with Gasteiger partial charge in [-0.2, -0.15) is 0 Å². The lowest BCUT2D eigenvalue weighted by Crippen LogP contribution is -2.39. The van der Waals surface area contributed by atoms with Crippen LogP contribution in [0.3, 0.4) is 0 Å². The van der Waals surface area contributed by atoms with Crippen LogP contribution in [0.2, 0.25) is 0 Å². The Morgan fingerprint density at radius 3 is 2.56 bits per heavy atom. The number of nitrogens with zero attached hydrogens (tertiary/aromatic N) is 3. The molecule has 0 saturated carbocycles. The Balaban J connectivity index is 2.09. The van der Waals surface area contributed by atoms with E-state index in [0.717, 1.165) is 25.2 Å². The Kier molecular flexibility index (Phi) is 3.75. The highest BCUT2D eigenvalue weighted by molar-refractivity contribution is 6.73. The van der Waals surface area contributed by atoms with E-state index in [0.29, 0.717) is 19.0 Å². The fourth-order valence-electron chi connectivity index (χ4n) is 2.06. The number of aromatic nitrogens is 2. The molecule has 1 saturated heterocycles. The summed E-state index contributed by atoms with van der Waals surface area (Å²) in [5.41, 5.74) is -0.783. The third-order valence-corrected chi connectivity index (χ3v) is 3.10. The highest BCUT2D eigenvalue weighted by atomic mass is 19.4. The quantitative estimate of drug-likeness (QED) is 0.814. The summed E-state index contributed by atoms with van der Waals surface area (Å²) in [6.45, 7) is -3.65. The lowest BCUT2D eigenvalue weighted by Gasteiger charge is -2.32. The fourth-order valence-corrected chi connectivity index (χ4v) is 2.06. The summed E-state index contributed by atoms with van der Waals surface area (Å²) in [5.74, 6) is 0.450. The van der Waals surface area contributed by atoms with Gasteiger partial charge in [-0.25, -0.2) is 9.97 Å². The number of aliphatic hydroxyl groups is 1. The van der Waals surface area contributed by atoms with Gasteiger partial charge in [-0.05, 0) is 18.8 Å². The van der Waals surface area contributed by atoms with Gasteiger partial charge in [0.1, 0.15) is 0 Å². The second kappa shape index (κ2) is 5.13. The van der Waals surface area contributed by atoms with Crippen molar-refractivity contribution in [1.82, 2.24) is 9.97 Å². The molecule has 0 aromatic carbocycles. The van der Waals surface area contributed by atoms with Crippen molar-refractivity contribution in [1.29, 1.82) is 0 Å². The van der Waals surface area contributed by atoms with Crippen molar-refractivity contribution >= 4 is 18.4 Å². The number of piperidine rings is 1. The number of rotatable bonds is 3. The Labute approximate surface area is 103 Å². The van der Waals surface area contributed by atoms with Crippen molar-refractivity contribution in [3.05, 3.63) is 12.4 Å². The molecule has 18 heavy (non-hydrogen) atoms. The second-order valence-electron chi connectivity index (χ2n) is 4.53. The summed E-state index contributed by atoms with van der Waals surface area (Å²) in [5, 5.41) is 9.09. The maximum atomic E-state index is 12.4. The van der Waals surface area contributed by atoms with Crippen LogP contribution in [-0.4, -0.2) is 41.7 Å². The number of aliphatic hydroxyl groups excluding tert-OH is 1. The van der Waals surface area contributed by atoms with Gasteiger partial charge in [0.25, 0.3) is 0 Å². The van der Waals surface area contributed by atoms with Crippen LogP contribution >= 0.6 is 0 Å². The van der Waals surface area contributed by atoms with E-state index in [4.69, 9.17) is 5.11 Å². The van der Waals surface area contributed by atoms with E-state index < -0.39 is 12.4 Å². The van der Waals surface area contributed by atoms with Crippen molar-refractivity contribution in [2.75, 3.05) is 24.6 Å². The zero-order chi connectivity index (χ0) is 13.2. The molecule has 2 rings (SSSR count). The predicted molar refractivity (Wildman–Crippen MR) is 62.8 cm³/mol. The standard InChI is InChI=1S/C10H14BF3N3O/c12-11(13,14)9-4-15-10(16-5-9)17-3-1-2-8(6-17)7-18/h4-5,8,18H,1-3,6-7H2/q-1. The van der Waals surface area contributed by atoms with E-state index in [1.807, 2.05) is 4.90 Å². The van der Waals surface area contributed by atoms with Crippen LogP contribution in [0, 0.1) is 5.92 Å². The summed E-state index contributed by atoms with van der Waals surface area (Å²) in [7, 11) is 0. The van der Waals surface area contributed by atoms with Crippen molar-refractivity contribution < 1.29 is 18.1 Å². The largest absolute Gasteiger partial charge is 0.512 e. The van der Waals surface area contributed by atoms with Gasteiger partial charge in [0, 0.05) is 32.1 Å². The molecule has 1 aromatic heterocycles. The smallest absolute Gasteiger partial charge is 0.445 e. The van der Waals surface area contributed by atoms with E-state index in [1.165, 1.54) is 0 Å². The maximum absolute atomic E-state index is 12.4. The highest BCUT2D eigenvalue weighted by Gasteiger charge is 2.27. The molecule has 1 aliphatic heterocycles. The molecule has 0 radical (unpaired) electrons. The molecule has 1 aromatic rings. The van der Waals surface area contributed by atoms with Gasteiger partial charge in [-0.15, -0.1) is 0 Å². The first-order valence-corrected chi connectivity index (χ1v) is 5.88. The van der Waals surface area contributed by atoms with Crippen LogP contribution in [0.5, 0.6) is 0 Å². The van der Waals surface area contributed by atoms with Crippen molar-refractivity contribution in [3.8, 4) is 0 Å². The third-order valence-electron chi connectivity index (χ3n) is 3.10. The van der Waals surface area contributed by atoms with E-state index in [2.05, 4.69) is 9.97 Å². The van der Waals surface area contributed by atoms with Gasteiger partial charge < -0.3 is 23.0 Å². The van der Waals surface area contributed by atoms with Crippen molar-refractivity contribution in [3.63, 3.8) is 0 Å². The third kappa shape index (κ3) is 2.93. The molecule has 100 valence electrons. The summed E-state index contributed by atoms with van der Waals surface area (Å²) in [6, 6.07) is 0. The van der Waals surface area contributed by atoms with Crippen LogP contribution in [0.4, 0.5) is 18.9 Å². The Hall–Kier alpha value is -1.31. The first-order valence-electron chi connectivity index (χ1n) is 5.88. The molecule has 1 atom stereocenters. The van der Waals surface area contributed by atoms with E-state index in [1.54, 1.807) is 0 Å². The van der Waals surface area contributed by atoms with Crippen molar-refractivity contribution in [2.24, 2.45) is 5.92 Å². The van der Waals surface area contributed by atoms with Crippen LogP contribution in [0.1, 0.15) is 12.8 Å². The molecule has 8 heteroatoms. The molecular weight excluding hydrogens is 246 g/mol. The maximum Gasteiger partial charge on any atom is 0.512 e. The number of halogens is 3. The van der Waals surface area contributed by atoms with Crippen LogP contribution in [-0.2, 0) is 0 Å². The lowest BCUT2D eigenvalue weighted by atomic mass is 9.83. The molecule has 2 heterocycles. The SMILES string of the molecule is OCC1CCCN(c2ncc([B-](F)(F)F)cn2)C1.